The molecule has 2 aliphatic heterocycles. The van der Waals surface area contributed by atoms with E-state index in [9.17, 15) is 13.6 Å². The zero-order valence-electron chi connectivity index (χ0n) is 18.4. The maximum atomic E-state index is 14.5. The van der Waals surface area contributed by atoms with Crippen molar-refractivity contribution in [2.24, 2.45) is 0 Å². The Labute approximate surface area is 185 Å². The third kappa shape index (κ3) is 4.44. The predicted octanol–water partition coefficient (Wildman–Crippen LogP) is 5.43. The van der Waals surface area contributed by atoms with Crippen LogP contribution < -0.4 is 4.90 Å². The van der Waals surface area contributed by atoms with Gasteiger partial charge in [0.2, 0.25) is 0 Å². The van der Waals surface area contributed by atoms with Crippen LogP contribution in [-0.4, -0.2) is 52.2 Å². The number of piperazine rings is 1. The molecule has 9 heteroatoms. The Kier molecular flexibility index (Phi) is 6.41. The van der Waals surface area contributed by atoms with Crippen molar-refractivity contribution in [1.29, 1.82) is 0 Å². The molecular weight excluding hydrogens is 426 g/mol. The molecule has 1 aromatic carbocycles. The van der Waals surface area contributed by atoms with Gasteiger partial charge in [-0.15, -0.1) is 0 Å². The molecule has 1 aromatic heterocycles. The first-order valence-electron chi connectivity index (χ1n) is 10.3. The maximum Gasteiger partial charge on any atom is 0.410 e. The summed E-state index contributed by atoms with van der Waals surface area (Å²) in [4.78, 5) is 23.6. The van der Waals surface area contributed by atoms with Gasteiger partial charge in [-0.2, -0.15) is 14.4 Å². The van der Waals surface area contributed by atoms with Crippen molar-refractivity contribution in [2.75, 3.05) is 24.5 Å². The summed E-state index contributed by atoms with van der Waals surface area (Å²) in [7, 11) is 0. The number of carbonyl (C=O) groups is 1. The van der Waals surface area contributed by atoms with Crippen molar-refractivity contribution in [3.8, 4) is 0 Å². The fraction of sp³-hybridized carbons (Fsp3) is 0.500. The normalized spacial score (nSPS) is 18.2. The molecule has 1 amide bonds. The molecule has 31 heavy (non-hydrogen) atoms. The molecule has 0 bridgehead atoms. The van der Waals surface area contributed by atoms with Crippen molar-refractivity contribution in [2.45, 2.75) is 52.7 Å². The van der Waals surface area contributed by atoms with Gasteiger partial charge in [0, 0.05) is 25.2 Å². The lowest BCUT2D eigenvalue weighted by Gasteiger charge is -2.41. The highest BCUT2D eigenvalue weighted by atomic mass is 35.5. The Balaban J connectivity index is 0.00000132. The van der Waals surface area contributed by atoms with Gasteiger partial charge in [-0.05, 0) is 38.8 Å². The fourth-order valence-corrected chi connectivity index (χ4v) is 4.26. The number of anilines is 1. The number of amides is 1. The number of nitrogens with zero attached hydrogens (tertiary/aromatic N) is 4. The smallest absolute Gasteiger partial charge is 0.410 e. The standard InChI is InChI=1S/C20H21ClF2N4O2.C2H6/c1-10-7-11-9-26(19(28)29-20(2,3)4)5-6-27(11)17-15-14(10)12(21)8-13(22)16(15)24-18(23)25-17;1-2/h8,11H,1,5-7,9H2,2-4H3;1-2H3/t11-;/m1./s1. The third-order valence-corrected chi connectivity index (χ3v) is 5.37. The van der Waals surface area contributed by atoms with Crippen molar-refractivity contribution in [3.63, 3.8) is 0 Å². The molecule has 6 nitrogen and oxygen atoms in total. The molecule has 2 aromatic rings. The Hall–Kier alpha value is -2.48. The summed E-state index contributed by atoms with van der Waals surface area (Å²) >= 11 is 6.32. The first-order chi connectivity index (χ1) is 14.5. The van der Waals surface area contributed by atoms with Crippen LogP contribution in [-0.2, 0) is 4.74 Å². The monoisotopic (exact) mass is 452 g/mol. The second-order valence-corrected chi connectivity index (χ2v) is 8.74. The summed E-state index contributed by atoms with van der Waals surface area (Å²) in [6.07, 6.45) is -0.967. The van der Waals surface area contributed by atoms with E-state index in [-0.39, 0.29) is 22.4 Å². The highest BCUT2D eigenvalue weighted by molar-refractivity contribution is 6.34. The molecule has 0 unspecified atom stereocenters. The van der Waals surface area contributed by atoms with E-state index in [1.165, 1.54) is 0 Å². The van der Waals surface area contributed by atoms with Gasteiger partial charge in [0.25, 0.3) is 0 Å². The minimum absolute atomic E-state index is 0.122. The number of benzene rings is 1. The lowest BCUT2D eigenvalue weighted by Crippen LogP contribution is -2.55. The number of hydrogen-bond acceptors (Lipinski definition) is 5. The second-order valence-electron chi connectivity index (χ2n) is 8.34. The van der Waals surface area contributed by atoms with Crippen LogP contribution in [0.2, 0.25) is 5.02 Å². The molecule has 1 atom stereocenters. The molecule has 168 valence electrons. The molecule has 0 radical (unpaired) electrons. The van der Waals surface area contributed by atoms with Crippen molar-refractivity contribution in [3.05, 3.63) is 35.1 Å². The molecule has 4 rings (SSSR count). The van der Waals surface area contributed by atoms with Gasteiger partial charge in [-0.1, -0.05) is 32.0 Å². The summed E-state index contributed by atoms with van der Waals surface area (Å²) in [6, 6.07) is 0.894. The Morgan fingerprint density at radius 1 is 1.26 bits per heavy atom. The van der Waals surface area contributed by atoms with Crippen LogP contribution in [0.1, 0.15) is 46.6 Å². The van der Waals surface area contributed by atoms with Crippen LogP contribution in [0.15, 0.2) is 12.6 Å². The van der Waals surface area contributed by atoms with E-state index in [1.54, 1.807) is 4.90 Å². The Morgan fingerprint density at radius 2 is 1.94 bits per heavy atom. The summed E-state index contributed by atoms with van der Waals surface area (Å²) in [5.74, 6) is -0.439. The van der Waals surface area contributed by atoms with Crippen LogP contribution in [0.5, 0.6) is 0 Å². The summed E-state index contributed by atoms with van der Waals surface area (Å²) in [5.41, 5.74) is 0.458. The van der Waals surface area contributed by atoms with Crippen molar-refractivity contribution >= 4 is 40.0 Å². The average molecular weight is 453 g/mol. The van der Waals surface area contributed by atoms with Gasteiger partial charge < -0.3 is 14.5 Å². The maximum absolute atomic E-state index is 14.5. The van der Waals surface area contributed by atoms with Gasteiger partial charge in [0.1, 0.15) is 16.9 Å². The molecule has 0 saturated carbocycles. The van der Waals surface area contributed by atoms with Crippen LogP contribution in [0.3, 0.4) is 0 Å². The van der Waals surface area contributed by atoms with Gasteiger partial charge in [-0.25, -0.2) is 9.18 Å². The topological polar surface area (TPSA) is 58.6 Å². The van der Waals surface area contributed by atoms with Crippen LogP contribution >= 0.6 is 11.6 Å². The molecule has 0 spiro atoms. The molecule has 0 N–H and O–H groups in total. The number of hydrogen-bond donors (Lipinski definition) is 0. The first-order valence-corrected chi connectivity index (χ1v) is 10.7. The average Bonchev–Trinajstić information content (AvgIpc) is 2.80. The van der Waals surface area contributed by atoms with Gasteiger partial charge in [0.15, 0.2) is 5.82 Å². The zero-order chi connectivity index (χ0) is 23.1. The number of ether oxygens (including phenoxy) is 1. The molecule has 1 fully saturated rings. The van der Waals surface area contributed by atoms with E-state index in [0.29, 0.717) is 42.6 Å². The van der Waals surface area contributed by atoms with Gasteiger partial charge >= 0.3 is 12.2 Å². The molecule has 2 aliphatic rings. The van der Waals surface area contributed by atoms with E-state index in [1.807, 2.05) is 39.5 Å². The molecule has 0 aliphatic carbocycles. The Bertz CT molecular complexity index is 1040. The lowest BCUT2D eigenvalue weighted by molar-refractivity contribution is 0.0215. The predicted molar refractivity (Wildman–Crippen MR) is 118 cm³/mol. The fourth-order valence-electron chi connectivity index (χ4n) is 3.94. The minimum atomic E-state index is -1.01. The second kappa shape index (κ2) is 8.57. The van der Waals surface area contributed by atoms with Gasteiger partial charge in [-0.3, -0.25) is 0 Å². The number of halogens is 3. The molecular formula is C22H27ClF2N4O2. The summed E-state index contributed by atoms with van der Waals surface area (Å²) in [6.45, 7) is 14.6. The lowest BCUT2D eigenvalue weighted by atomic mass is 9.98. The highest BCUT2D eigenvalue weighted by Gasteiger charge is 2.37. The van der Waals surface area contributed by atoms with Crippen LogP contribution in [0.25, 0.3) is 16.5 Å². The van der Waals surface area contributed by atoms with E-state index in [0.717, 1.165) is 6.07 Å². The SMILES string of the molecule is C=C1C[C@@H]2CN(C(=O)OC(C)(C)C)CCN2c2nc(F)nc3c(F)cc(Cl)c1c23.CC. The summed E-state index contributed by atoms with van der Waals surface area (Å²) in [5, 5.41) is 0.537. The van der Waals surface area contributed by atoms with Gasteiger partial charge in [0.05, 0.1) is 16.5 Å². The molecule has 3 heterocycles. The first kappa shape index (κ1) is 23.2. The largest absolute Gasteiger partial charge is 0.444 e. The van der Waals surface area contributed by atoms with E-state index < -0.39 is 23.6 Å². The van der Waals surface area contributed by atoms with Crippen LogP contribution in [0.4, 0.5) is 19.4 Å². The van der Waals surface area contributed by atoms with E-state index >= 15 is 0 Å². The zero-order valence-corrected chi connectivity index (χ0v) is 19.2. The Morgan fingerprint density at radius 3 is 2.58 bits per heavy atom. The number of aromatic nitrogens is 2. The number of rotatable bonds is 0. The van der Waals surface area contributed by atoms with Crippen LogP contribution in [0, 0.1) is 11.9 Å². The van der Waals surface area contributed by atoms with Crippen molar-refractivity contribution in [1.82, 2.24) is 14.9 Å². The molecule has 1 saturated heterocycles. The number of fused-ring (bicyclic) bond motifs is 2. The third-order valence-electron chi connectivity index (χ3n) is 5.07. The highest BCUT2D eigenvalue weighted by Crippen LogP contribution is 2.43. The van der Waals surface area contributed by atoms with E-state index in [4.69, 9.17) is 16.3 Å². The van der Waals surface area contributed by atoms with Crippen molar-refractivity contribution < 1.29 is 18.3 Å². The summed E-state index contributed by atoms with van der Waals surface area (Å²) < 4.78 is 34.1. The van der Waals surface area contributed by atoms with E-state index in [2.05, 4.69) is 16.5 Å². The minimum Gasteiger partial charge on any atom is -0.444 e. The number of carbonyl (C=O) groups excluding carboxylic acids is 1. The quantitative estimate of drug-likeness (QED) is 0.499.